The molecular formula is C11H18N4O. The molecule has 1 aromatic heterocycles. The topological polar surface area (TPSA) is 64.3 Å². The average molecular weight is 222 g/mol. The molecule has 2 heterocycles. The van der Waals surface area contributed by atoms with Gasteiger partial charge in [0.2, 0.25) is 5.88 Å². The third-order valence-electron chi connectivity index (χ3n) is 2.41. The molecule has 88 valence electrons. The van der Waals surface area contributed by atoms with E-state index in [9.17, 15) is 0 Å². The second-order valence-electron chi connectivity index (χ2n) is 4.89. The van der Waals surface area contributed by atoms with Gasteiger partial charge in [-0.2, -0.15) is 0 Å². The van der Waals surface area contributed by atoms with Crippen molar-refractivity contribution in [3.8, 4) is 5.88 Å². The number of nitrogens with zero attached hydrogens (tertiary/aromatic N) is 3. The summed E-state index contributed by atoms with van der Waals surface area (Å²) in [7, 11) is 0. The molecule has 0 spiro atoms. The van der Waals surface area contributed by atoms with Crippen LogP contribution >= 0.6 is 0 Å². The van der Waals surface area contributed by atoms with Crippen LogP contribution in [0.15, 0.2) is 12.4 Å². The molecule has 16 heavy (non-hydrogen) atoms. The van der Waals surface area contributed by atoms with E-state index in [1.54, 1.807) is 0 Å². The molecule has 0 aliphatic carbocycles. The molecule has 1 aliphatic rings. The highest BCUT2D eigenvalue weighted by molar-refractivity contribution is 5.45. The van der Waals surface area contributed by atoms with E-state index in [0.29, 0.717) is 5.88 Å². The zero-order valence-electron chi connectivity index (χ0n) is 9.97. The van der Waals surface area contributed by atoms with Gasteiger partial charge in [0, 0.05) is 24.7 Å². The second-order valence-corrected chi connectivity index (χ2v) is 4.89. The number of rotatable bonds is 3. The highest BCUT2D eigenvalue weighted by Crippen LogP contribution is 2.25. The van der Waals surface area contributed by atoms with Crippen LogP contribution in [0.4, 0.5) is 5.82 Å². The third kappa shape index (κ3) is 2.41. The summed E-state index contributed by atoms with van der Waals surface area (Å²) in [5.74, 6) is 1.50. The van der Waals surface area contributed by atoms with Crippen molar-refractivity contribution >= 4 is 5.82 Å². The van der Waals surface area contributed by atoms with Crippen LogP contribution in [0.1, 0.15) is 20.8 Å². The smallest absolute Gasteiger partial charge is 0.218 e. The zero-order valence-corrected chi connectivity index (χ0v) is 9.97. The molecule has 2 rings (SSSR count). The van der Waals surface area contributed by atoms with E-state index in [1.807, 2.05) is 26.8 Å². The van der Waals surface area contributed by atoms with Crippen molar-refractivity contribution in [1.29, 1.82) is 0 Å². The molecule has 0 radical (unpaired) electrons. The molecule has 5 heteroatoms. The number of hydrogen-bond acceptors (Lipinski definition) is 5. The minimum Gasteiger partial charge on any atom is -0.475 e. The summed E-state index contributed by atoms with van der Waals surface area (Å²) in [6.45, 7) is 7.64. The lowest BCUT2D eigenvalue weighted by molar-refractivity contribution is 0.232. The summed E-state index contributed by atoms with van der Waals surface area (Å²) in [4.78, 5) is 10.4. The monoisotopic (exact) mass is 222 g/mol. The van der Waals surface area contributed by atoms with Crippen LogP contribution in [0.5, 0.6) is 5.88 Å². The molecule has 1 fully saturated rings. The lowest BCUT2D eigenvalue weighted by Gasteiger charge is -2.46. The Morgan fingerprint density at radius 3 is 2.69 bits per heavy atom. The molecule has 0 saturated carbocycles. The van der Waals surface area contributed by atoms with E-state index in [-0.39, 0.29) is 11.6 Å². The van der Waals surface area contributed by atoms with Gasteiger partial charge in [0.25, 0.3) is 0 Å². The van der Waals surface area contributed by atoms with Gasteiger partial charge in [0.05, 0.1) is 6.10 Å². The predicted octanol–water partition coefficient (Wildman–Crippen LogP) is 0.801. The molecule has 5 nitrogen and oxygen atoms in total. The maximum absolute atomic E-state index is 5.95. The van der Waals surface area contributed by atoms with Crippen molar-refractivity contribution in [2.75, 3.05) is 18.0 Å². The van der Waals surface area contributed by atoms with E-state index in [0.717, 1.165) is 18.9 Å². The number of nitrogens with two attached hydrogens (primary N) is 1. The van der Waals surface area contributed by atoms with Gasteiger partial charge < -0.3 is 15.4 Å². The van der Waals surface area contributed by atoms with Crippen molar-refractivity contribution in [2.45, 2.75) is 32.4 Å². The standard InChI is InChI=1S/C11H18N4O/c1-8(2)16-10-4-9(13-7-14-10)15-5-11(3,12)6-15/h4,7-8H,5-6,12H2,1-3H3. The number of ether oxygens (including phenoxy) is 1. The summed E-state index contributed by atoms with van der Waals surface area (Å²) >= 11 is 0. The summed E-state index contributed by atoms with van der Waals surface area (Å²) in [5, 5.41) is 0. The average Bonchev–Trinajstić information content (AvgIpc) is 2.13. The molecule has 1 aromatic rings. The molecule has 0 unspecified atom stereocenters. The molecule has 0 amide bonds. The Kier molecular flexibility index (Phi) is 2.71. The lowest BCUT2D eigenvalue weighted by atomic mass is 9.94. The van der Waals surface area contributed by atoms with Gasteiger partial charge in [0.15, 0.2) is 0 Å². The van der Waals surface area contributed by atoms with E-state index >= 15 is 0 Å². The van der Waals surface area contributed by atoms with Crippen molar-refractivity contribution in [2.24, 2.45) is 5.73 Å². The Balaban J connectivity index is 2.06. The number of anilines is 1. The number of hydrogen-bond donors (Lipinski definition) is 1. The first-order valence-electron chi connectivity index (χ1n) is 5.49. The van der Waals surface area contributed by atoms with E-state index in [4.69, 9.17) is 10.5 Å². The van der Waals surface area contributed by atoms with Crippen LogP contribution in [-0.2, 0) is 0 Å². The molecule has 1 saturated heterocycles. The second kappa shape index (κ2) is 3.90. The number of aromatic nitrogens is 2. The van der Waals surface area contributed by atoms with Crippen LogP contribution in [-0.4, -0.2) is 34.7 Å². The molecule has 2 N–H and O–H groups in total. The van der Waals surface area contributed by atoms with Crippen LogP contribution in [0.2, 0.25) is 0 Å². The first-order valence-corrected chi connectivity index (χ1v) is 5.49. The summed E-state index contributed by atoms with van der Waals surface area (Å²) < 4.78 is 5.52. The van der Waals surface area contributed by atoms with Crippen LogP contribution < -0.4 is 15.4 Å². The van der Waals surface area contributed by atoms with Gasteiger partial charge in [0.1, 0.15) is 12.1 Å². The fraction of sp³-hybridized carbons (Fsp3) is 0.636. The Hall–Kier alpha value is -1.36. The first-order chi connectivity index (χ1) is 7.46. The highest BCUT2D eigenvalue weighted by Gasteiger charge is 2.35. The molecule has 0 atom stereocenters. The van der Waals surface area contributed by atoms with Gasteiger partial charge in [-0.05, 0) is 20.8 Å². The minimum atomic E-state index is -0.0932. The predicted molar refractivity (Wildman–Crippen MR) is 62.6 cm³/mol. The third-order valence-corrected chi connectivity index (χ3v) is 2.41. The molecule has 1 aliphatic heterocycles. The van der Waals surface area contributed by atoms with Crippen molar-refractivity contribution < 1.29 is 4.74 Å². The first kappa shape index (κ1) is 11.1. The molecule has 0 aromatic carbocycles. The quantitative estimate of drug-likeness (QED) is 0.819. The van der Waals surface area contributed by atoms with Gasteiger partial charge in [-0.15, -0.1) is 0 Å². The van der Waals surface area contributed by atoms with Crippen molar-refractivity contribution in [1.82, 2.24) is 9.97 Å². The van der Waals surface area contributed by atoms with Crippen LogP contribution in [0.25, 0.3) is 0 Å². The van der Waals surface area contributed by atoms with Crippen LogP contribution in [0.3, 0.4) is 0 Å². The highest BCUT2D eigenvalue weighted by atomic mass is 16.5. The van der Waals surface area contributed by atoms with Crippen molar-refractivity contribution in [3.63, 3.8) is 0 Å². The van der Waals surface area contributed by atoms with Gasteiger partial charge in [-0.3, -0.25) is 0 Å². The summed E-state index contributed by atoms with van der Waals surface area (Å²) in [6.07, 6.45) is 1.65. The van der Waals surface area contributed by atoms with Crippen molar-refractivity contribution in [3.05, 3.63) is 12.4 Å². The normalized spacial score (nSPS) is 18.4. The largest absolute Gasteiger partial charge is 0.475 e. The summed E-state index contributed by atoms with van der Waals surface area (Å²) in [6, 6.07) is 1.86. The maximum atomic E-state index is 5.95. The van der Waals surface area contributed by atoms with Gasteiger partial charge in [-0.1, -0.05) is 0 Å². The Morgan fingerprint density at radius 1 is 1.44 bits per heavy atom. The maximum Gasteiger partial charge on any atom is 0.218 e. The van der Waals surface area contributed by atoms with E-state index in [2.05, 4.69) is 14.9 Å². The molecule has 0 bridgehead atoms. The fourth-order valence-corrected chi connectivity index (χ4v) is 1.80. The Labute approximate surface area is 95.6 Å². The summed E-state index contributed by atoms with van der Waals surface area (Å²) in [5.41, 5.74) is 5.86. The van der Waals surface area contributed by atoms with E-state index < -0.39 is 0 Å². The lowest BCUT2D eigenvalue weighted by Crippen LogP contribution is -2.65. The minimum absolute atomic E-state index is 0.0932. The Bertz CT molecular complexity index is 370. The fourth-order valence-electron chi connectivity index (χ4n) is 1.80. The van der Waals surface area contributed by atoms with Crippen LogP contribution in [0, 0.1) is 0 Å². The Morgan fingerprint density at radius 2 is 2.12 bits per heavy atom. The van der Waals surface area contributed by atoms with Gasteiger partial charge in [-0.25, -0.2) is 9.97 Å². The van der Waals surface area contributed by atoms with Gasteiger partial charge >= 0.3 is 0 Å². The SMILES string of the molecule is CC(C)Oc1cc(N2CC(C)(N)C2)ncn1. The zero-order chi connectivity index (χ0) is 11.8. The molecular weight excluding hydrogens is 204 g/mol. The van der Waals surface area contributed by atoms with E-state index in [1.165, 1.54) is 6.33 Å².